The average Bonchev–Trinajstić information content (AvgIpc) is 3.12. The van der Waals surface area contributed by atoms with E-state index in [2.05, 4.69) is 38.7 Å². The van der Waals surface area contributed by atoms with E-state index in [-0.39, 0.29) is 16.4 Å². The Bertz CT molecular complexity index is 1050. The lowest BCUT2D eigenvalue weighted by atomic mass is 9.62. The summed E-state index contributed by atoms with van der Waals surface area (Å²) in [5.41, 5.74) is 4.53. The second kappa shape index (κ2) is 10.4. The van der Waals surface area contributed by atoms with Gasteiger partial charge in [0.1, 0.15) is 0 Å². The summed E-state index contributed by atoms with van der Waals surface area (Å²) in [7, 11) is -2.10. The smallest absolute Gasteiger partial charge is 0.215 e. The van der Waals surface area contributed by atoms with Gasteiger partial charge in [0.05, 0.1) is 24.1 Å². The molecule has 0 saturated heterocycles. The highest BCUT2D eigenvalue weighted by Gasteiger charge is 2.46. The SMILES string of the molecule is C=C1/C(=C\C=C2/CCC[C@]3(C)C([C@H](C)C/C=C(\OC)S(=O)(=O)C(C)(C)C)=CC[C@@H]23)C[C@H](O)C[C@H]1O. The maximum Gasteiger partial charge on any atom is 0.215 e. The van der Waals surface area contributed by atoms with E-state index >= 15 is 0 Å². The van der Waals surface area contributed by atoms with E-state index in [0.717, 1.165) is 36.8 Å². The summed E-state index contributed by atoms with van der Waals surface area (Å²) in [4.78, 5) is 0. The first-order valence-corrected chi connectivity index (χ1v) is 14.3. The van der Waals surface area contributed by atoms with Crippen molar-refractivity contribution in [1.82, 2.24) is 0 Å². The molecule has 0 radical (unpaired) electrons. The second-order valence-corrected chi connectivity index (χ2v) is 14.4. The van der Waals surface area contributed by atoms with Gasteiger partial charge in [0.15, 0.2) is 0 Å². The van der Waals surface area contributed by atoms with Crippen LogP contribution in [-0.4, -0.2) is 42.7 Å². The molecule has 0 unspecified atom stereocenters. The predicted molar refractivity (Wildman–Crippen MR) is 142 cm³/mol. The molecule has 3 aliphatic rings. The van der Waals surface area contributed by atoms with Crippen molar-refractivity contribution in [3.63, 3.8) is 0 Å². The Hall–Kier alpha value is -1.63. The Morgan fingerprint density at radius 1 is 1.31 bits per heavy atom. The zero-order valence-corrected chi connectivity index (χ0v) is 23.1. The Balaban J connectivity index is 1.79. The van der Waals surface area contributed by atoms with Crippen LogP contribution in [0.3, 0.4) is 0 Å². The first kappa shape index (κ1) is 27.9. The van der Waals surface area contributed by atoms with Crippen molar-refractivity contribution in [3.8, 4) is 0 Å². The lowest BCUT2D eigenvalue weighted by Gasteiger charge is -2.42. The normalized spacial score (nSPS) is 33.6. The molecule has 2 saturated carbocycles. The van der Waals surface area contributed by atoms with Gasteiger partial charge in [-0.15, -0.1) is 0 Å². The number of methoxy groups -OCH3 is 1. The van der Waals surface area contributed by atoms with E-state index in [4.69, 9.17) is 4.74 Å². The Morgan fingerprint density at radius 3 is 2.63 bits per heavy atom. The van der Waals surface area contributed by atoms with Crippen molar-refractivity contribution >= 4 is 9.84 Å². The molecular formula is C29H44O5S. The highest BCUT2D eigenvalue weighted by Crippen LogP contribution is 2.57. The molecule has 3 aliphatic carbocycles. The molecule has 0 aromatic heterocycles. The van der Waals surface area contributed by atoms with E-state index in [1.54, 1.807) is 26.8 Å². The van der Waals surface area contributed by atoms with Crippen molar-refractivity contribution in [2.24, 2.45) is 17.3 Å². The van der Waals surface area contributed by atoms with Crippen molar-refractivity contribution in [2.75, 3.05) is 7.11 Å². The summed E-state index contributed by atoms with van der Waals surface area (Å²) in [6, 6.07) is 0. The lowest BCUT2D eigenvalue weighted by Crippen LogP contribution is -2.32. The van der Waals surface area contributed by atoms with Gasteiger partial charge in [0.25, 0.3) is 0 Å². The molecule has 0 bridgehead atoms. The fourth-order valence-electron chi connectivity index (χ4n) is 6.09. The van der Waals surface area contributed by atoms with Gasteiger partial charge in [-0.1, -0.05) is 49.8 Å². The van der Waals surface area contributed by atoms with Gasteiger partial charge in [-0.25, -0.2) is 8.42 Å². The van der Waals surface area contributed by atoms with Gasteiger partial charge in [0, 0.05) is 6.42 Å². The topological polar surface area (TPSA) is 83.8 Å². The van der Waals surface area contributed by atoms with E-state index < -0.39 is 26.8 Å². The summed E-state index contributed by atoms with van der Waals surface area (Å²) in [5, 5.41) is 20.3. The first-order valence-electron chi connectivity index (χ1n) is 12.9. The molecule has 3 rings (SSSR count). The molecule has 0 amide bonds. The van der Waals surface area contributed by atoms with Gasteiger partial charge in [-0.2, -0.15) is 0 Å². The summed E-state index contributed by atoms with van der Waals surface area (Å²) in [5.74, 6) is 0.632. The van der Waals surface area contributed by atoms with Crippen LogP contribution in [0.25, 0.3) is 0 Å². The number of hydrogen-bond acceptors (Lipinski definition) is 5. The van der Waals surface area contributed by atoms with Crippen LogP contribution in [-0.2, 0) is 14.6 Å². The summed E-state index contributed by atoms with van der Waals surface area (Å²) < 4.78 is 30.1. The number of rotatable bonds is 6. The Labute approximate surface area is 212 Å². The van der Waals surface area contributed by atoms with Crippen LogP contribution in [0.5, 0.6) is 0 Å². The highest BCUT2D eigenvalue weighted by molar-refractivity contribution is 7.96. The third kappa shape index (κ3) is 5.55. The predicted octanol–water partition coefficient (Wildman–Crippen LogP) is 5.77. The minimum Gasteiger partial charge on any atom is -0.487 e. The Kier molecular flexibility index (Phi) is 8.30. The molecular weight excluding hydrogens is 460 g/mol. The number of allylic oxidation sites excluding steroid dienone is 6. The molecule has 0 spiro atoms. The molecule has 5 atom stereocenters. The lowest BCUT2D eigenvalue weighted by molar-refractivity contribution is 0.0862. The molecule has 0 aromatic rings. The molecule has 196 valence electrons. The van der Waals surface area contributed by atoms with Gasteiger partial charge in [0.2, 0.25) is 14.9 Å². The highest BCUT2D eigenvalue weighted by atomic mass is 32.2. The largest absolute Gasteiger partial charge is 0.487 e. The van der Waals surface area contributed by atoms with E-state index in [9.17, 15) is 18.6 Å². The number of aliphatic hydroxyl groups excluding tert-OH is 2. The van der Waals surface area contributed by atoms with Crippen molar-refractivity contribution in [1.29, 1.82) is 0 Å². The maximum absolute atomic E-state index is 12.9. The monoisotopic (exact) mass is 504 g/mol. The number of hydrogen-bond donors (Lipinski definition) is 2. The average molecular weight is 505 g/mol. The van der Waals surface area contributed by atoms with Gasteiger partial charge in [-0.3, -0.25) is 0 Å². The molecule has 2 N–H and O–H groups in total. The van der Waals surface area contributed by atoms with Crippen LogP contribution in [0.1, 0.15) is 79.6 Å². The zero-order chi connectivity index (χ0) is 26.2. The molecule has 2 fully saturated rings. The van der Waals surface area contributed by atoms with E-state index in [1.807, 2.05) is 0 Å². The van der Waals surface area contributed by atoms with Gasteiger partial charge in [-0.05, 0) is 93.8 Å². The van der Waals surface area contributed by atoms with E-state index in [0.29, 0.717) is 25.2 Å². The number of ether oxygens (including phenoxy) is 1. The minimum atomic E-state index is -3.52. The summed E-state index contributed by atoms with van der Waals surface area (Å²) in [6.07, 6.45) is 12.9. The van der Waals surface area contributed by atoms with Crippen LogP contribution in [0.4, 0.5) is 0 Å². The molecule has 6 heteroatoms. The minimum absolute atomic E-state index is 0.0502. The van der Waals surface area contributed by atoms with Crippen LogP contribution in [0.15, 0.2) is 58.3 Å². The third-order valence-corrected chi connectivity index (χ3v) is 10.8. The van der Waals surface area contributed by atoms with Crippen molar-refractivity contribution in [2.45, 2.75) is 96.5 Å². The second-order valence-electron chi connectivity index (χ2n) is 11.8. The number of sulfone groups is 1. The first-order chi connectivity index (χ1) is 16.2. The van der Waals surface area contributed by atoms with Crippen molar-refractivity contribution < 1.29 is 23.4 Å². The third-order valence-electron chi connectivity index (χ3n) is 8.32. The van der Waals surface area contributed by atoms with Crippen LogP contribution < -0.4 is 0 Å². The quantitative estimate of drug-likeness (QED) is 0.354. The standard InChI is InChI=1S/C29H44O5S/c1-19(10-15-27(34-7)35(32,33)28(3,4)5)24-13-14-25-21(9-8-16-29(24,25)6)11-12-22-17-23(30)18-26(31)20(22)2/h11-13,15,19,23,25-26,30-31H,2,8-10,14,16-18H2,1,3-7H3/b21-11+,22-12-,27-15+/t19-,23+,25+,26-,29-/m1/s1. The van der Waals surface area contributed by atoms with Crippen LogP contribution in [0, 0.1) is 17.3 Å². The fraction of sp³-hybridized carbons (Fsp3) is 0.655. The molecule has 0 heterocycles. The zero-order valence-electron chi connectivity index (χ0n) is 22.3. The summed E-state index contributed by atoms with van der Waals surface area (Å²) in [6.45, 7) is 13.7. The Morgan fingerprint density at radius 2 is 2.00 bits per heavy atom. The number of fused-ring (bicyclic) bond motifs is 1. The fourth-order valence-corrected chi connectivity index (χ4v) is 7.22. The van der Waals surface area contributed by atoms with E-state index in [1.165, 1.54) is 18.3 Å². The van der Waals surface area contributed by atoms with Gasteiger partial charge < -0.3 is 14.9 Å². The maximum atomic E-state index is 12.9. The van der Waals surface area contributed by atoms with Gasteiger partial charge >= 0.3 is 0 Å². The van der Waals surface area contributed by atoms with Crippen LogP contribution >= 0.6 is 0 Å². The summed E-state index contributed by atoms with van der Waals surface area (Å²) >= 11 is 0. The van der Waals surface area contributed by atoms with Crippen molar-refractivity contribution in [3.05, 3.63) is 58.3 Å². The van der Waals surface area contributed by atoms with Crippen LogP contribution in [0.2, 0.25) is 0 Å². The molecule has 0 aromatic carbocycles. The molecule has 35 heavy (non-hydrogen) atoms. The number of aliphatic hydroxyl groups is 2. The molecule has 0 aliphatic heterocycles. The molecule has 5 nitrogen and oxygen atoms in total.